The van der Waals surface area contributed by atoms with Crippen LogP contribution in [0.4, 0.5) is 5.69 Å². The van der Waals surface area contributed by atoms with Crippen molar-refractivity contribution < 1.29 is 8.42 Å². The Morgan fingerprint density at radius 2 is 2.16 bits per heavy atom. The fourth-order valence-electron chi connectivity index (χ4n) is 2.59. The van der Waals surface area contributed by atoms with Gasteiger partial charge >= 0.3 is 10.2 Å². The summed E-state index contributed by atoms with van der Waals surface area (Å²) in [5, 5.41) is 0.934. The van der Waals surface area contributed by atoms with Crippen LogP contribution in [0.1, 0.15) is 24.9 Å². The molecule has 100 valence electrons. The summed E-state index contributed by atoms with van der Waals surface area (Å²) in [5.74, 6) is 0. The summed E-state index contributed by atoms with van der Waals surface area (Å²) in [5.41, 5.74) is 2.30. The molecule has 1 atom stereocenters. The van der Waals surface area contributed by atoms with Crippen molar-refractivity contribution in [3.8, 4) is 0 Å². The molecule has 1 N–H and O–H groups in total. The van der Waals surface area contributed by atoms with Crippen molar-refractivity contribution in [1.29, 1.82) is 0 Å². The van der Waals surface area contributed by atoms with Crippen LogP contribution in [0.3, 0.4) is 0 Å². The van der Waals surface area contributed by atoms with Crippen LogP contribution in [0, 0.1) is 0 Å². The van der Waals surface area contributed by atoms with Gasteiger partial charge in [-0.1, -0.05) is 25.1 Å². The molecular formula is C13H15N3O2S. The molecule has 6 heteroatoms. The van der Waals surface area contributed by atoms with Gasteiger partial charge in [0.05, 0.1) is 17.2 Å². The van der Waals surface area contributed by atoms with Crippen LogP contribution in [-0.4, -0.2) is 24.8 Å². The smallest absolute Gasteiger partial charge is 0.268 e. The highest BCUT2D eigenvalue weighted by molar-refractivity contribution is 7.90. The van der Waals surface area contributed by atoms with Crippen molar-refractivity contribution in [2.24, 2.45) is 0 Å². The molecule has 0 saturated carbocycles. The predicted octanol–water partition coefficient (Wildman–Crippen LogP) is 2.29. The molecule has 0 saturated heterocycles. The van der Waals surface area contributed by atoms with E-state index in [-0.39, 0.29) is 6.04 Å². The monoisotopic (exact) mass is 277 g/mol. The molecule has 1 aliphatic heterocycles. The molecule has 0 bridgehead atoms. The molecule has 1 aromatic carbocycles. The number of anilines is 1. The number of benzene rings is 1. The number of nitrogens with zero attached hydrogens (tertiary/aromatic N) is 2. The lowest BCUT2D eigenvalue weighted by molar-refractivity contribution is 0.365. The maximum Gasteiger partial charge on any atom is 0.302 e. The molecular weight excluding hydrogens is 262 g/mol. The van der Waals surface area contributed by atoms with Gasteiger partial charge in [-0.05, 0) is 18.1 Å². The fraction of sp³-hybridized carbons (Fsp3) is 0.308. The molecule has 0 radical (unpaired) electrons. The van der Waals surface area contributed by atoms with E-state index in [9.17, 15) is 8.42 Å². The van der Waals surface area contributed by atoms with E-state index in [1.165, 1.54) is 4.31 Å². The number of fused-ring (bicyclic) bond motifs is 3. The van der Waals surface area contributed by atoms with Crippen LogP contribution in [0.5, 0.6) is 0 Å². The van der Waals surface area contributed by atoms with Gasteiger partial charge in [0.1, 0.15) is 0 Å². The van der Waals surface area contributed by atoms with E-state index >= 15 is 0 Å². The minimum absolute atomic E-state index is 0.146. The average molecular weight is 277 g/mol. The number of pyridine rings is 1. The Morgan fingerprint density at radius 3 is 2.89 bits per heavy atom. The normalized spacial score (nSPS) is 21.9. The van der Waals surface area contributed by atoms with Crippen LogP contribution in [0.15, 0.2) is 30.5 Å². The SMILES string of the molecule is CCC1c2ccc3cccnc3c2NS(=O)(=O)N1C. The van der Waals surface area contributed by atoms with Gasteiger partial charge in [-0.25, -0.2) is 0 Å². The van der Waals surface area contributed by atoms with Crippen molar-refractivity contribution >= 4 is 26.8 Å². The van der Waals surface area contributed by atoms with Crippen LogP contribution < -0.4 is 4.72 Å². The molecule has 1 aliphatic rings. The molecule has 1 unspecified atom stereocenters. The maximum atomic E-state index is 12.1. The number of nitrogens with one attached hydrogen (secondary N) is 1. The van der Waals surface area contributed by atoms with E-state index in [4.69, 9.17) is 0 Å². The third kappa shape index (κ3) is 1.79. The summed E-state index contributed by atoms with van der Waals surface area (Å²) in [6.07, 6.45) is 2.40. The molecule has 1 aromatic heterocycles. The number of rotatable bonds is 1. The zero-order valence-electron chi connectivity index (χ0n) is 10.8. The Morgan fingerprint density at radius 1 is 1.37 bits per heavy atom. The van der Waals surface area contributed by atoms with Gasteiger partial charge < -0.3 is 0 Å². The van der Waals surface area contributed by atoms with Gasteiger partial charge in [-0.15, -0.1) is 0 Å². The van der Waals surface area contributed by atoms with Gasteiger partial charge in [-0.3, -0.25) is 9.71 Å². The Hall–Kier alpha value is -1.66. The first kappa shape index (κ1) is 12.4. The standard InChI is InChI=1S/C13H15N3O2S/c1-3-11-10-7-6-9-5-4-8-14-12(9)13(10)15-19(17,18)16(11)2/h4-8,11,15H,3H2,1-2H3. The third-order valence-electron chi connectivity index (χ3n) is 3.60. The van der Waals surface area contributed by atoms with Crippen LogP contribution in [0.25, 0.3) is 10.9 Å². The lowest BCUT2D eigenvalue weighted by Crippen LogP contribution is -2.40. The predicted molar refractivity (Wildman–Crippen MR) is 75.1 cm³/mol. The van der Waals surface area contributed by atoms with Crippen molar-refractivity contribution in [1.82, 2.24) is 9.29 Å². The number of hydrogen-bond donors (Lipinski definition) is 1. The zero-order valence-corrected chi connectivity index (χ0v) is 11.6. The van der Waals surface area contributed by atoms with E-state index in [1.54, 1.807) is 13.2 Å². The number of hydrogen-bond acceptors (Lipinski definition) is 3. The molecule has 2 aromatic rings. The lowest BCUT2D eigenvalue weighted by atomic mass is 10.00. The summed E-state index contributed by atoms with van der Waals surface area (Å²) < 4.78 is 28.3. The van der Waals surface area contributed by atoms with Crippen LogP contribution >= 0.6 is 0 Å². The van der Waals surface area contributed by atoms with Crippen molar-refractivity contribution in [3.63, 3.8) is 0 Å². The molecule has 0 spiro atoms. The third-order valence-corrected chi connectivity index (χ3v) is 5.08. The molecule has 0 fully saturated rings. The van der Waals surface area contributed by atoms with Crippen LogP contribution in [-0.2, 0) is 10.2 Å². The second-order valence-corrected chi connectivity index (χ2v) is 6.38. The summed E-state index contributed by atoms with van der Waals surface area (Å²) >= 11 is 0. The first-order valence-corrected chi connectivity index (χ1v) is 7.62. The second kappa shape index (κ2) is 4.18. The summed E-state index contributed by atoms with van der Waals surface area (Å²) in [4.78, 5) is 4.31. The summed E-state index contributed by atoms with van der Waals surface area (Å²) in [6, 6.07) is 7.59. The fourth-order valence-corrected chi connectivity index (χ4v) is 3.80. The Balaban J connectivity index is 2.34. The van der Waals surface area contributed by atoms with E-state index < -0.39 is 10.2 Å². The van der Waals surface area contributed by atoms with Crippen molar-refractivity contribution in [3.05, 3.63) is 36.0 Å². The largest absolute Gasteiger partial charge is 0.302 e. The second-order valence-electron chi connectivity index (χ2n) is 4.65. The van der Waals surface area contributed by atoms with Crippen molar-refractivity contribution in [2.75, 3.05) is 11.8 Å². The highest BCUT2D eigenvalue weighted by Gasteiger charge is 2.34. The van der Waals surface area contributed by atoms with Gasteiger partial charge in [0, 0.05) is 18.6 Å². The summed E-state index contributed by atoms with van der Waals surface area (Å²) in [7, 11) is -1.88. The van der Waals surface area contributed by atoms with Crippen LogP contribution in [0.2, 0.25) is 0 Å². The highest BCUT2D eigenvalue weighted by atomic mass is 32.2. The van der Waals surface area contributed by atoms with E-state index in [0.29, 0.717) is 11.2 Å². The quantitative estimate of drug-likeness (QED) is 0.870. The molecule has 0 amide bonds. The van der Waals surface area contributed by atoms with Gasteiger partial charge in [0.2, 0.25) is 0 Å². The maximum absolute atomic E-state index is 12.1. The van der Waals surface area contributed by atoms with Gasteiger partial charge in [0.25, 0.3) is 0 Å². The summed E-state index contributed by atoms with van der Waals surface area (Å²) in [6.45, 7) is 1.98. The molecule has 5 nitrogen and oxygen atoms in total. The first-order valence-electron chi connectivity index (χ1n) is 6.18. The lowest BCUT2D eigenvalue weighted by Gasteiger charge is -2.34. The molecule has 19 heavy (non-hydrogen) atoms. The Bertz CT molecular complexity index is 743. The Labute approximate surface area is 112 Å². The molecule has 2 heterocycles. The van der Waals surface area contributed by atoms with E-state index in [0.717, 1.165) is 17.4 Å². The van der Waals surface area contributed by atoms with Crippen molar-refractivity contribution in [2.45, 2.75) is 19.4 Å². The van der Waals surface area contributed by atoms with Gasteiger partial charge in [-0.2, -0.15) is 12.7 Å². The Kier molecular flexibility index (Phi) is 2.72. The first-order chi connectivity index (χ1) is 9.04. The molecule has 0 aliphatic carbocycles. The minimum atomic E-state index is -3.48. The number of aromatic nitrogens is 1. The zero-order chi connectivity index (χ0) is 13.6. The van der Waals surface area contributed by atoms with E-state index in [1.807, 2.05) is 31.2 Å². The van der Waals surface area contributed by atoms with Gasteiger partial charge in [0.15, 0.2) is 0 Å². The van der Waals surface area contributed by atoms with E-state index in [2.05, 4.69) is 9.71 Å². The minimum Gasteiger partial charge on any atom is -0.268 e. The average Bonchev–Trinajstić information content (AvgIpc) is 2.40. The molecule has 3 rings (SSSR count). The highest BCUT2D eigenvalue weighted by Crippen LogP contribution is 2.39. The topological polar surface area (TPSA) is 62.3 Å².